The maximum absolute atomic E-state index is 10.8. The fourth-order valence-corrected chi connectivity index (χ4v) is 0.817. The Balaban J connectivity index is 0. The number of hydrogen-bond donors (Lipinski definition) is 1. The Labute approximate surface area is 102 Å². The second-order valence-corrected chi connectivity index (χ2v) is 2.48. The topological polar surface area (TPSA) is 63.6 Å². The molecule has 0 heterocycles. The van der Waals surface area contributed by atoms with Gasteiger partial charge in [-0.2, -0.15) is 0 Å². The number of ether oxygens (including phenoxy) is 1. The Morgan fingerprint density at radius 1 is 1.12 bits per heavy atom. The van der Waals surface area contributed by atoms with E-state index in [1.807, 2.05) is 13.8 Å². The lowest BCUT2D eigenvalue weighted by molar-refractivity contribution is -0.137. The van der Waals surface area contributed by atoms with Crippen molar-refractivity contribution in [1.82, 2.24) is 0 Å². The van der Waals surface area contributed by atoms with E-state index in [9.17, 15) is 9.59 Å². The van der Waals surface area contributed by atoms with E-state index in [2.05, 4.69) is 13.2 Å². The largest absolute Gasteiger partial charge is 0.478 e. The van der Waals surface area contributed by atoms with Crippen molar-refractivity contribution in [2.45, 2.75) is 20.8 Å². The Bertz CT molecular complexity index is 348. The zero-order chi connectivity index (χ0) is 13.8. The van der Waals surface area contributed by atoms with Gasteiger partial charge in [0.1, 0.15) is 11.3 Å². The summed E-state index contributed by atoms with van der Waals surface area (Å²) in [7, 11) is 0. The van der Waals surface area contributed by atoms with Gasteiger partial charge in [-0.15, -0.1) is 0 Å². The van der Waals surface area contributed by atoms with Crippen LogP contribution in [0.4, 0.5) is 0 Å². The van der Waals surface area contributed by atoms with Crippen LogP contribution in [0.1, 0.15) is 20.8 Å². The van der Waals surface area contributed by atoms with Gasteiger partial charge in [0.2, 0.25) is 0 Å². The van der Waals surface area contributed by atoms with Gasteiger partial charge in [-0.25, -0.2) is 4.79 Å². The lowest BCUT2D eigenvalue weighted by atomic mass is 10.2. The minimum atomic E-state index is -1.20. The predicted molar refractivity (Wildman–Crippen MR) is 67.3 cm³/mol. The highest BCUT2D eigenvalue weighted by molar-refractivity contribution is 5.92. The van der Waals surface area contributed by atoms with E-state index in [1.165, 1.54) is 31.2 Å². The Morgan fingerprint density at radius 2 is 1.59 bits per heavy atom. The Morgan fingerprint density at radius 3 is 1.88 bits per heavy atom. The third-order valence-electron chi connectivity index (χ3n) is 1.30. The number of carboxylic acid groups (broad SMARTS) is 1. The van der Waals surface area contributed by atoms with Gasteiger partial charge in [0, 0.05) is 6.92 Å². The molecule has 0 saturated heterocycles. The molecule has 17 heavy (non-hydrogen) atoms. The van der Waals surface area contributed by atoms with Crippen LogP contribution >= 0.6 is 0 Å². The van der Waals surface area contributed by atoms with Gasteiger partial charge in [0.25, 0.3) is 0 Å². The molecule has 4 nitrogen and oxygen atoms in total. The summed E-state index contributed by atoms with van der Waals surface area (Å²) in [5.41, 5.74) is -0.153. The van der Waals surface area contributed by atoms with Crippen LogP contribution < -0.4 is 0 Å². The first-order valence-electron chi connectivity index (χ1n) is 5.10. The van der Waals surface area contributed by atoms with Crippen molar-refractivity contribution < 1.29 is 19.4 Å². The molecule has 0 unspecified atom stereocenters. The summed E-state index contributed by atoms with van der Waals surface area (Å²) in [6.45, 7) is 12.0. The van der Waals surface area contributed by atoms with Gasteiger partial charge >= 0.3 is 11.9 Å². The van der Waals surface area contributed by atoms with Crippen molar-refractivity contribution in [2.24, 2.45) is 0 Å². The smallest absolute Gasteiger partial charge is 0.339 e. The number of esters is 1. The molecular weight excluding hydrogens is 220 g/mol. The number of hydrogen-bond acceptors (Lipinski definition) is 3. The number of carbonyl (C=O) groups is 2. The second-order valence-electron chi connectivity index (χ2n) is 2.48. The summed E-state index contributed by atoms with van der Waals surface area (Å²) in [5, 5.41) is 8.83. The van der Waals surface area contributed by atoms with Gasteiger partial charge < -0.3 is 9.84 Å². The van der Waals surface area contributed by atoms with Gasteiger partial charge in [-0.05, 0) is 12.2 Å². The molecule has 0 bridgehead atoms. The molecular formula is C13H18O4. The Hall–Kier alpha value is -2.10. The van der Waals surface area contributed by atoms with Crippen molar-refractivity contribution in [2.75, 3.05) is 0 Å². The third-order valence-corrected chi connectivity index (χ3v) is 1.30. The molecule has 4 heteroatoms. The Kier molecular flexibility index (Phi) is 10.6. The summed E-state index contributed by atoms with van der Waals surface area (Å²) in [5.74, 6) is -1.87. The maximum atomic E-state index is 10.8. The van der Waals surface area contributed by atoms with Crippen molar-refractivity contribution in [3.05, 3.63) is 48.8 Å². The van der Waals surface area contributed by atoms with E-state index in [-0.39, 0.29) is 11.3 Å². The SMILES string of the molecule is C=C/C=C(OC(C)=O)\C(=C/C=C)C(=O)O.CC. The standard InChI is InChI=1S/C11H12O4.C2H6/c1-4-6-9(11(13)14)10(7-5-2)15-8(3)12;1-2/h4-7H,1-2H2,3H3,(H,13,14);1-2H3/b9-6+,10-7+;. The zero-order valence-electron chi connectivity index (χ0n) is 10.4. The van der Waals surface area contributed by atoms with Crippen molar-refractivity contribution in [1.29, 1.82) is 0 Å². The molecule has 0 atom stereocenters. The highest BCUT2D eigenvalue weighted by Crippen LogP contribution is 2.12. The number of rotatable bonds is 5. The third kappa shape index (κ3) is 7.79. The first-order chi connectivity index (χ1) is 8.02. The van der Waals surface area contributed by atoms with E-state index in [1.54, 1.807) is 0 Å². The molecule has 0 aliphatic rings. The normalized spacial score (nSPS) is 10.8. The average Bonchev–Trinajstić information content (AvgIpc) is 2.27. The number of carbonyl (C=O) groups excluding carboxylic acids is 1. The molecule has 0 aliphatic carbocycles. The number of aliphatic carboxylic acids is 1. The van der Waals surface area contributed by atoms with Gasteiger partial charge in [-0.3, -0.25) is 4.79 Å². The second kappa shape index (κ2) is 10.4. The summed E-state index contributed by atoms with van der Waals surface area (Å²) >= 11 is 0. The van der Waals surface area contributed by atoms with E-state index >= 15 is 0 Å². The summed E-state index contributed by atoms with van der Waals surface area (Å²) in [6.07, 6.45) is 5.16. The number of carboxylic acids is 1. The predicted octanol–water partition coefficient (Wildman–Crippen LogP) is 2.84. The maximum Gasteiger partial charge on any atom is 0.339 e. The van der Waals surface area contributed by atoms with E-state index < -0.39 is 11.9 Å². The lowest BCUT2D eigenvalue weighted by Gasteiger charge is -2.06. The summed E-state index contributed by atoms with van der Waals surface area (Å²) < 4.78 is 4.72. The molecule has 0 radical (unpaired) electrons. The minimum absolute atomic E-state index is 0.0649. The molecule has 0 spiro atoms. The molecule has 94 valence electrons. The van der Waals surface area contributed by atoms with Crippen LogP contribution in [0.5, 0.6) is 0 Å². The highest BCUT2D eigenvalue weighted by Gasteiger charge is 2.14. The average molecular weight is 238 g/mol. The first-order valence-corrected chi connectivity index (χ1v) is 5.10. The summed E-state index contributed by atoms with van der Waals surface area (Å²) in [6, 6.07) is 0. The van der Waals surface area contributed by atoms with Crippen LogP contribution in [0.15, 0.2) is 48.8 Å². The molecule has 0 rings (SSSR count). The molecule has 0 amide bonds. The fourth-order valence-electron chi connectivity index (χ4n) is 0.817. The monoisotopic (exact) mass is 238 g/mol. The van der Waals surface area contributed by atoms with Crippen LogP contribution in [0.2, 0.25) is 0 Å². The van der Waals surface area contributed by atoms with E-state index in [0.29, 0.717) is 0 Å². The molecule has 0 aliphatic heterocycles. The van der Waals surface area contributed by atoms with Crippen LogP contribution in [0, 0.1) is 0 Å². The molecule has 0 aromatic heterocycles. The van der Waals surface area contributed by atoms with Crippen molar-refractivity contribution in [3.8, 4) is 0 Å². The quantitative estimate of drug-likeness (QED) is 0.346. The van der Waals surface area contributed by atoms with Crippen molar-refractivity contribution in [3.63, 3.8) is 0 Å². The van der Waals surface area contributed by atoms with Gasteiger partial charge in [-0.1, -0.05) is 39.2 Å². The summed E-state index contributed by atoms with van der Waals surface area (Å²) in [4.78, 5) is 21.5. The van der Waals surface area contributed by atoms with Crippen LogP contribution in [0.3, 0.4) is 0 Å². The van der Waals surface area contributed by atoms with Crippen LogP contribution in [-0.4, -0.2) is 17.0 Å². The van der Waals surface area contributed by atoms with Crippen LogP contribution in [-0.2, 0) is 14.3 Å². The van der Waals surface area contributed by atoms with Gasteiger partial charge in [0.15, 0.2) is 0 Å². The first kappa shape index (κ1) is 17.3. The van der Waals surface area contributed by atoms with Crippen LogP contribution in [0.25, 0.3) is 0 Å². The van der Waals surface area contributed by atoms with Gasteiger partial charge in [0.05, 0.1) is 0 Å². The van der Waals surface area contributed by atoms with E-state index in [0.717, 1.165) is 0 Å². The molecule has 0 saturated carbocycles. The molecule has 1 N–H and O–H groups in total. The van der Waals surface area contributed by atoms with Crippen molar-refractivity contribution >= 4 is 11.9 Å². The van der Waals surface area contributed by atoms with E-state index in [4.69, 9.17) is 9.84 Å². The number of allylic oxidation sites excluding steroid dienone is 4. The minimum Gasteiger partial charge on any atom is -0.478 e. The lowest BCUT2D eigenvalue weighted by Crippen LogP contribution is -2.09. The molecule has 0 aromatic carbocycles. The molecule has 0 aromatic rings. The highest BCUT2D eigenvalue weighted by atomic mass is 16.5. The fraction of sp³-hybridized carbons (Fsp3) is 0.231. The zero-order valence-corrected chi connectivity index (χ0v) is 10.4. The molecule has 0 fully saturated rings.